The van der Waals surface area contributed by atoms with Gasteiger partial charge in [0, 0.05) is 19.6 Å². The molecule has 170 valence electrons. The molecule has 1 aliphatic heterocycles. The van der Waals surface area contributed by atoms with Crippen LogP contribution in [0.5, 0.6) is 5.75 Å². The van der Waals surface area contributed by atoms with Crippen LogP contribution >= 0.6 is 0 Å². The van der Waals surface area contributed by atoms with Gasteiger partial charge in [0.15, 0.2) is 6.10 Å². The van der Waals surface area contributed by atoms with Crippen LogP contribution in [-0.2, 0) is 17.8 Å². The van der Waals surface area contributed by atoms with Gasteiger partial charge in [-0.2, -0.15) is 0 Å². The maximum absolute atomic E-state index is 12.3. The number of amides is 1. The van der Waals surface area contributed by atoms with Crippen LogP contribution in [0.3, 0.4) is 0 Å². The van der Waals surface area contributed by atoms with Crippen molar-refractivity contribution < 1.29 is 9.53 Å². The molecule has 0 saturated carbocycles. The van der Waals surface area contributed by atoms with Crippen molar-refractivity contribution >= 4 is 5.91 Å². The Bertz CT molecular complexity index is 1090. The Morgan fingerprint density at radius 2 is 1.91 bits per heavy atom. The van der Waals surface area contributed by atoms with Crippen LogP contribution in [0, 0.1) is 6.92 Å². The van der Waals surface area contributed by atoms with Crippen molar-refractivity contribution in [3.8, 4) is 5.75 Å². The van der Waals surface area contributed by atoms with Crippen LogP contribution in [0.15, 0.2) is 85.5 Å². The van der Waals surface area contributed by atoms with Gasteiger partial charge in [-0.1, -0.05) is 72.3 Å². The Morgan fingerprint density at radius 3 is 2.64 bits per heavy atom. The van der Waals surface area contributed by atoms with Gasteiger partial charge >= 0.3 is 0 Å². The number of carbonyl (C=O) groups excluding carboxylic acids is 1. The van der Waals surface area contributed by atoms with Crippen LogP contribution in [-0.4, -0.2) is 30.0 Å². The molecule has 3 aromatic rings. The molecule has 1 aliphatic rings. The summed E-state index contributed by atoms with van der Waals surface area (Å²) in [5, 5.41) is 2.80. The van der Waals surface area contributed by atoms with Gasteiger partial charge in [-0.15, -0.1) is 6.58 Å². The molecule has 0 unspecified atom stereocenters. The highest BCUT2D eigenvalue weighted by atomic mass is 16.5. The Balaban J connectivity index is 1.63. The number of fused-ring (bicyclic) bond motifs is 1. The van der Waals surface area contributed by atoms with E-state index in [9.17, 15) is 4.79 Å². The number of carbonyl (C=O) groups is 1. The van der Waals surface area contributed by atoms with Gasteiger partial charge in [-0.05, 0) is 54.7 Å². The van der Waals surface area contributed by atoms with Crippen LogP contribution in [0.4, 0.5) is 0 Å². The van der Waals surface area contributed by atoms with Gasteiger partial charge in [-0.25, -0.2) is 0 Å². The molecule has 33 heavy (non-hydrogen) atoms. The first-order valence-electron chi connectivity index (χ1n) is 11.6. The molecule has 0 aromatic heterocycles. The van der Waals surface area contributed by atoms with Crippen molar-refractivity contribution in [2.24, 2.45) is 0 Å². The highest BCUT2D eigenvalue weighted by molar-refractivity contribution is 5.80. The Morgan fingerprint density at radius 1 is 1.15 bits per heavy atom. The van der Waals surface area contributed by atoms with Gasteiger partial charge in [0.1, 0.15) is 5.75 Å². The number of nitrogens with one attached hydrogen (secondary N) is 1. The van der Waals surface area contributed by atoms with Crippen molar-refractivity contribution in [1.29, 1.82) is 0 Å². The first kappa shape index (κ1) is 22.8. The molecule has 4 heteroatoms. The number of rotatable bonds is 8. The third-order valence-electron chi connectivity index (χ3n) is 6.17. The van der Waals surface area contributed by atoms with E-state index in [0.29, 0.717) is 12.3 Å². The van der Waals surface area contributed by atoms with Crippen LogP contribution in [0.1, 0.15) is 40.8 Å². The van der Waals surface area contributed by atoms with E-state index in [1.807, 2.05) is 6.07 Å². The lowest BCUT2D eigenvalue weighted by Crippen LogP contribution is -2.37. The summed E-state index contributed by atoms with van der Waals surface area (Å²) >= 11 is 0. The van der Waals surface area contributed by atoms with Crippen molar-refractivity contribution in [1.82, 2.24) is 10.2 Å². The molecule has 0 spiro atoms. The van der Waals surface area contributed by atoms with Gasteiger partial charge < -0.3 is 10.1 Å². The van der Waals surface area contributed by atoms with Crippen LogP contribution in [0.25, 0.3) is 0 Å². The predicted molar refractivity (Wildman–Crippen MR) is 133 cm³/mol. The third-order valence-corrected chi connectivity index (χ3v) is 6.17. The topological polar surface area (TPSA) is 41.6 Å². The monoisotopic (exact) mass is 440 g/mol. The molecule has 1 amide bonds. The standard InChI is InChI=1S/C29H32N2O2/c1-4-17-30-29(32)22(3)33-26-15-14-24-16-18-31(20-23-12-10-21(2)11-13-23)28(27(24)19-26)25-8-6-5-7-9-25/h4-15,19,22,28H,1,16-18,20H2,2-3H3,(H,30,32)/t22-,28-/m1/s1. The second kappa shape index (κ2) is 10.5. The van der Waals surface area contributed by atoms with Crippen molar-refractivity contribution in [2.75, 3.05) is 13.1 Å². The van der Waals surface area contributed by atoms with E-state index in [1.54, 1.807) is 13.0 Å². The summed E-state index contributed by atoms with van der Waals surface area (Å²) in [6, 6.07) is 25.8. The molecule has 3 aromatic carbocycles. The zero-order chi connectivity index (χ0) is 23.2. The smallest absolute Gasteiger partial charge is 0.261 e. The molecule has 0 aliphatic carbocycles. The average Bonchev–Trinajstić information content (AvgIpc) is 2.84. The number of nitrogens with zero attached hydrogens (tertiary/aromatic N) is 1. The molecule has 0 fully saturated rings. The van der Waals surface area contributed by atoms with Crippen LogP contribution < -0.4 is 10.1 Å². The van der Waals surface area contributed by atoms with E-state index < -0.39 is 6.10 Å². The first-order chi connectivity index (χ1) is 16.0. The summed E-state index contributed by atoms with van der Waals surface area (Å²) in [6.45, 7) is 9.83. The number of benzene rings is 3. The molecule has 0 radical (unpaired) electrons. The van der Waals surface area contributed by atoms with E-state index in [0.717, 1.165) is 19.5 Å². The SMILES string of the molecule is C=CCNC(=O)[C@@H](C)Oc1ccc2c(c1)[C@@H](c1ccccc1)N(Cc1ccc(C)cc1)CC2. The molecule has 1 N–H and O–H groups in total. The summed E-state index contributed by atoms with van der Waals surface area (Å²) in [5.41, 5.74) is 6.43. The highest BCUT2D eigenvalue weighted by Gasteiger charge is 2.29. The van der Waals surface area contributed by atoms with E-state index in [-0.39, 0.29) is 11.9 Å². The van der Waals surface area contributed by atoms with Gasteiger partial charge in [0.25, 0.3) is 5.91 Å². The van der Waals surface area contributed by atoms with E-state index in [1.165, 1.54) is 27.8 Å². The molecule has 2 atom stereocenters. The fourth-order valence-corrected chi connectivity index (χ4v) is 4.42. The van der Waals surface area contributed by atoms with Crippen LogP contribution in [0.2, 0.25) is 0 Å². The lowest BCUT2D eigenvalue weighted by molar-refractivity contribution is -0.127. The Kier molecular flexibility index (Phi) is 7.26. The quantitative estimate of drug-likeness (QED) is 0.489. The number of hydrogen-bond acceptors (Lipinski definition) is 3. The summed E-state index contributed by atoms with van der Waals surface area (Å²) in [5.74, 6) is 0.571. The second-order valence-corrected chi connectivity index (χ2v) is 8.67. The van der Waals surface area contributed by atoms with Crippen molar-refractivity contribution in [3.05, 3.63) is 113 Å². The largest absolute Gasteiger partial charge is 0.481 e. The minimum absolute atomic E-state index is 0.129. The van der Waals surface area contributed by atoms with Crippen molar-refractivity contribution in [3.63, 3.8) is 0 Å². The third kappa shape index (κ3) is 5.52. The maximum Gasteiger partial charge on any atom is 0.261 e. The fraction of sp³-hybridized carbons (Fsp3) is 0.276. The normalized spacial score (nSPS) is 16.5. The van der Waals surface area contributed by atoms with E-state index >= 15 is 0 Å². The number of aryl methyl sites for hydroxylation is 1. The van der Waals surface area contributed by atoms with Crippen molar-refractivity contribution in [2.45, 2.75) is 39.0 Å². The highest BCUT2D eigenvalue weighted by Crippen LogP contribution is 2.38. The molecule has 4 nitrogen and oxygen atoms in total. The second-order valence-electron chi connectivity index (χ2n) is 8.67. The first-order valence-corrected chi connectivity index (χ1v) is 11.6. The molecule has 0 saturated heterocycles. The average molecular weight is 441 g/mol. The predicted octanol–water partition coefficient (Wildman–Crippen LogP) is 5.21. The zero-order valence-electron chi connectivity index (χ0n) is 19.5. The summed E-state index contributed by atoms with van der Waals surface area (Å²) in [7, 11) is 0. The summed E-state index contributed by atoms with van der Waals surface area (Å²) in [6.07, 6.45) is 2.07. The number of ether oxygens (including phenoxy) is 1. The summed E-state index contributed by atoms with van der Waals surface area (Å²) < 4.78 is 6.03. The van der Waals surface area contributed by atoms with E-state index in [4.69, 9.17) is 4.74 Å². The molecule has 4 rings (SSSR count). The molecule has 1 heterocycles. The summed E-state index contributed by atoms with van der Waals surface area (Å²) in [4.78, 5) is 14.8. The maximum atomic E-state index is 12.3. The minimum atomic E-state index is -0.578. The molecular formula is C29H32N2O2. The van der Waals surface area contributed by atoms with Gasteiger partial charge in [0.2, 0.25) is 0 Å². The molecule has 0 bridgehead atoms. The Hall–Kier alpha value is -3.37. The van der Waals surface area contributed by atoms with Gasteiger partial charge in [-0.3, -0.25) is 9.69 Å². The van der Waals surface area contributed by atoms with E-state index in [2.05, 4.69) is 90.4 Å². The lowest BCUT2D eigenvalue weighted by Gasteiger charge is -2.38. The fourth-order valence-electron chi connectivity index (χ4n) is 4.42. The van der Waals surface area contributed by atoms with Gasteiger partial charge in [0.05, 0.1) is 6.04 Å². The minimum Gasteiger partial charge on any atom is -0.481 e. The molecular weight excluding hydrogens is 408 g/mol. The Labute approximate surface area is 196 Å². The zero-order valence-corrected chi connectivity index (χ0v) is 19.5. The number of hydrogen-bond donors (Lipinski definition) is 1. The lowest BCUT2D eigenvalue weighted by atomic mass is 9.87.